The second kappa shape index (κ2) is 6.09. The molecule has 1 amide bonds. The van der Waals surface area contributed by atoms with Crippen LogP contribution in [0.15, 0.2) is 11.6 Å². The Morgan fingerprint density at radius 1 is 1.65 bits per heavy atom. The van der Waals surface area contributed by atoms with Crippen molar-refractivity contribution < 1.29 is 9.90 Å². The van der Waals surface area contributed by atoms with E-state index in [1.54, 1.807) is 17.5 Å². The first-order valence-electron chi connectivity index (χ1n) is 5.79. The van der Waals surface area contributed by atoms with E-state index < -0.39 is 0 Å². The van der Waals surface area contributed by atoms with Crippen LogP contribution >= 0.6 is 11.3 Å². The zero-order valence-electron chi connectivity index (χ0n) is 9.56. The molecule has 2 unspecified atom stereocenters. The van der Waals surface area contributed by atoms with Gasteiger partial charge in [-0.3, -0.25) is 4.79 Å². The van der Waals surface area contributed by atoms with Crippen molar-refractivity contribution in [3.8, 4) is 0 Å². The standard InChI is InChI=1S/C11H17N3O2S/c15-9-7-12-5-8(9)6-14-10(16)1-2-11-13-3-4-17-11/h3-4,8-9,12,15H,1-2,5-7H2,(H,14,16). The quantitative estimate of drug-likeness (QED) is 0.679. The summed E-state index contributed by atoms with van der Waals surface area (Å²) < 4.78 is 0. The van der Waals surface area contributed by atoms with Gasteiger partial charge in [-0.05, 0) is 0 Å². The highest BCUT2D eigenvalue weighted by atomic mass is 32.1. The van der Waals surface area contributed by atoms with Crippen LogP contribution in [0.25, 0.3) is 0 Å². The van der Waals surface area contributed by atoms with Gasteiger partial charge in [0.05, 0.1) is 11.1 Å². The molecule has 94 valence electrons. The minimum atomic E-state index is -0.339. The number of amides is 1. The van der Waals surface area contributed by atoms with Gasteiger partial charge < -0.3 is 15.7 Å². The van der Waals surface area contributed by atoms with Crippen LogP contribution < -0.4 is 10.6 Å². The number of thiazole rings is 1. The maximum atomic E-state index is 11.6. The summed E-state index contributed by atoms with van der Waals surface area (Å²) in [6.07, 6.45) is 2.56. The first-order chi connectivity index (χ1) is 8.25. The lowest BCUT2D eigenvalue weighted by Crippen LogP contribution is -2.34. The number of β-amino-alcohol motifs (C(OH)–C–C–N with tert-alkyl or cyclic N) is 1. The molecule has 0 aliphatic carbocycles. The van der Waals surface area contributed by atoms with Crippen molar-refractivity contribution in [2.24, 2.45) is 5.92 Å². The summed E-state index contributed by atoms with van der Waals surface area (Å²) in [5, 5.41) is 18.4. The first kappa shape index (κ1) is 12.5. The number of hydrogen-bond donors (Lipinski definition) is 3. The molecule has 2 heterocycles. The Kier molecular flexibility index (Phi) is 4.47. The third kappa shape index (κ3) is 3.76. The second-order valence-electron chi connectivity index (χ2n) is 4.22. The van der Waals surface area contributed by atoms with Gasteiger partial charge in [0.2, 0.25) is 5.91 Å². The van der Waals surface area contributed by atoms with Crippen LogP contribution in [0.3, 0.4) is 0 Å². The molecule has 1 aromatic heterocycles. The molecule has 1 saturated heterocycles. The van der Waals surface area contributed by atoms with Crippen LogP contribution in [-0.2, 0) is 11.2 Å². The van der Waals surface area contributed by atoms with Crippen LogP contribution in [0, 0.1) is 5.92 Å². The van der Waals surface area contributed by atoms with Crippen molar-refractivity contribution in [2.45, 2.75) is 18.9 Å². The number of nitrogens with one attached hydrogen (secondary N) is 2. The van der Waals surface area contributed by atoms with Crippen LogP contribution in [0.2, 0.25) is 0 Å². The summed E-state index contributed by atoms with van der Waals surface area (Å²) in [7, 11) is 0. The van der Waals surface area contributed by atoms with Crippen molar-refractivity contribution in [1.82, 2.24) is 15.6 Å². The monoisotopic (exact) mass is 255 g/mol. The number of nitrogens with zero attached hydrogens (tertiary/aromatic N) is 1. The first-order valence-corrected chi connectivity index (χ1v) is 6.67. The third-order valence-corrected chi connectivity index (χ3v) is 3.75. The molecule has 1 aromatic rings. The van der Waals surface area contributed by atoms with E-state index in [1.807, 2.05) is 5.38 Å². The number of carbonyl (C=O) groups is 1. The maximum Gasteiger partial charge on any atom is 0.220 e. The molecule has 0 aromatic carbocycles. The summed E-state index contributed by atoms with van der Waals surface area (Å²) in [5.41, 5.74) is 0. The molecule has 0 bridgehead atoms. The molecular formula is C11H17N3O2S. The fourth-order valence-electron chi connectivity index (χ4n) is 1.86. The van der Waals surface area contributed by atoms with Crippen molar-refractivity contribution in [3.63, 3.8) is 0 Å². The van der Waals surface area contributed by atoms with Crippen LogP contribution in [-0.4, -0.2) is 41.7 Å². The normalized spacial score (nSPS) is 23.8. The number of aliphatic hydroxyl groups is 1. The van der Waals surface area contributed by atoms with E-state index in [9.17, 15) is 9.90 Å². The molecule has 2 atom stereocenters. The zero-order valence-corrected chi connectivity index (χ0v) is 10.4. The van der Waals surface area contributed by atoms with Gasteiger partial charge in [0.25, 0.3) is 0 Å². The minimum Gasteiger partial charge on any atom is -0.391 e. The van der Waals surface area contributed by atoms with Crippen LogP contribution in [0.5, 0.6) is 0 Å². The highest BCUT2D eigenvalue weighted by molar-refractivity contribution is 7.09. The number of carbonyl (C=O) groups excluding carboxylic acids is 1. The lowest BCUT2D eigenvalue weighted by atomic mass is 10.1. The van der Waals surface area contributed by atoms with Gasteiger partial charge in [0.15, 0.2) is 0 Å². The Balaban J connectivity index is 1.64. The lowest BCUT2D eigenvalue weighted by Gasteiger charge is -2.13. The fourth-order valence-corrected chi connectivity index (χ4v) is 2.48. The predicted octanol–water partition coefficient (Wildman–Crippen LogP) is -0.228. The average molecular weight is 255 g/mol. The van der Waals surface area contributed by atoms with Crippen molar-refractivity contribution in [3.05, 3.63) is 16.6 Å². The molecule has 0 saturated carbocycles. The SMILES string of the molecule is O=C(CCc1nccs1)NCC1CNCC1O. The average Bonchev–Trinajstić information content (AvgIpc) is 2.95. The second-order valence-corrected chi connectivity index (χ2v) is 5.19. The molecule has 1 aliphatic heterocycles. The lowest BCUT2D eigenvalue weighted by molar-refractivity contribution is -0.121. The highest BCUT2D eigenvalue weighted by Crippen LogP contribution is 2.08. The Hall–Kier alpha value is -0.980. The Bertz CT molecular complexity index is 356. The summed E-state index contributed by atoms with van der Waals surface area (Å²) in [5.74, 6) is 0.165. The van der Waals surface area contributed by atoms with Crippen LogP contribution in [0.1, 0.15) is 11.4 Å². The van der Waals surface area contributed by atoms with Crippen molar-refractivity contribution >= 4 is 17.2 Å². The largest absolute Gasteiger partial charge is 0.391 e. The molecule has 17 heavy (non-hydrogen) atoms. The van der Waals surface area contributed by atoms with E-state index in [0.29, 0.717) is 25.9 Å². The van der Waals surface area contributed by atoms with Gasteiger partial charge in [-0.2, -0.15) is 0 Å². The molecule has 2 rings (SSSR count). The van der Waals surface area contributed by atoms with Crippen molar-refractivity contribution in [1.29, 1.82) is 0 Å². The van der Waals surface area contributed by atoms with E-state index in [1.165, 1.54) is 0 Å². The molecule has 1 fully saturated rings. The van der Waals surface area contributed by atoms with E-state index in [-0.39, 0.29) is 17.9 Å². The fraction of sp³-hybridized carbons (Fsp3) is 0.636. The molecule has 0 spiro atoms. The molecule has 1 aliphatic rings. The van der Waals surface area contributed by atoms with E-state index in [2.05, 4.69) is 15.6 Å². The van der Waals surface area contributed by atoms with E-state index in [4.69, 9.17) is 0 Å². The Morgan fingerprint density at radius 2 is 2.53 bits per heavy atom. The summed E-state index contributed by atoms with van der Waals surface area (Å²) in [6.45, 7) is 1.94. The number of aromatic nitrogens is 1. The van der Waals surface area contributed by atoms with Gasteiger partial charge in [0.1, 0.15) is 0 Å². The molecule has 3 N–H and O–H groups in total. The van der Waals surface area contributed by atoms with Gasteiger partial charge >= 0.3 is 0 Å². The van der Waals surface area contributed by atoms with Crippen molar-refractivity contribution in [2.75, 3.05) is 19.6 Å². The smallest absolute Gasteiger partial charge is 0.220 e. The summed E-state index contributed by atoms with van der Waals surface area (Å²) in [4.78, 5) is 15.7. The van der Waals surface area contributed by atoms with E-state index >= 15 is 0 Å². The molecule has 6 heteroatoms. The topological polar surface area (TPSA) is 74.2 Å². The Morgan fingerprint density at radius 3 is 3.18 bits per heavy atom. The van der Waals surface area contributed by atoms with Gasteiger partial charge in [-0.15, -0.1) is 11.3 Å². The van der Waals surface area contributed by atoms with Gasteiger partial charge in [-0.25, -0.2) is 4.98 Å². The summed E-state index contributed by atoms with van der Waals surface area (Å²) >= 11 is 1.57. The molecule has 0 radical (unpaired) electrons. The maximum absolute atomic E-state index is 11.6. The van der Waals surface area contributed by atoms with Crippen LogP contribution in [0.4, 0.5) is 0 Å². The highest BCUT2D eigenvalue weighted by Gasteiger charge is 2.24. The number of hydrogen-bond acceptors (Lipinski definition) is 5. The van der Waals surface area contributed by atoms with E-state index in [0.717, 1.165) is 11.6 Å². The Labute approximate surface area is 104 Å². The summed E-state index contributed by atoms with van der Waals surface area (Å²) in [6, 6.07) is 0. The zero-order chi connectivity index (χ0) is 12.1. The van der Waals surface area contributed by atoms with Gasteiger partial charge in [-0.1, -0.05) is 0 Å². The third-order valence-electron chi connectivity index (χ3n) is 2.91. The van der Waals surface area contributed by atoms with Gasteiger partial charge in [0, 0.05) is 50.0 Å². The number of rotatable bonds is 5. The predicted molar refractivity (Wildman–Crippen MR) is 65.8 cm³/mol. The number of aliphatic hydroxyl groups excluding tert-OH is 1. The minimum absolute atomic E-state index is 0.0271. The number of aryl methyl sites for hydroxylation is 1. The molecular weight excluding hydrogens is 238 g/mol. The molecule has 5 nitrogen and oxygen atoms in total.